The molecule has 6 unspecified atom stereocenters. The van der Waals surface area contributed by atoms with E-state index in [9.17, 15) is 38.4 Å². The molecule has 0 saturated carbocycles. The third kappa shape index (κ3) is 25.3. The third-order valence-corrected chi connectivity index (χ3v) is 26.4. The fourth-order valence-electron chi connectivity index (χ4n) is 18.3. The largest absolute Gasteiger partial charge is 0.458 e. The molecule has 6 aliphatic rings. The Kier molecular flexibility index (Phi) is 39.5. The summed E-state index contributed by atoms with van der Waals surface area (Å²) in [6.07, 6.45) is -2.15. The van der Waals surface area contributed by atoms with Crippen LogP contribution in [0.2, 0.25) is 0 Å². The molecule has 6 heterocycles. The average Bonchev–Trinajstić information content (AvgIpc) is 1.61. The molecule has 8 rings (SSSR count). The second-order valence-electron chi connectivity index (χ2n) is 33.9. The Labute approximate surface area is 710 Å². The lowest BCUT2D eigenvalue weighted by atomic mass is 9.78. The number of methoxy groups -OCH3 is 2. The Hall–Kier alpha value is -5.54. The van der Waals surface area contributed by atoms with Crippen molar-refractivity contribution in [2.75, 3.05) is 88.8 Å². The predicted octanol–water partition coefficient (Wildman–Crippen LogP) is 13.0. The number of aliphatic hydroxyl groups is 2. The van der Waals surface area contributed by atoms with Gasteiger partial charge in [0.05, 0.1) is 47.7 Å². The van der Waals surface area contributed by atoms with Crippen LogP contribution in [0.4, 0.5) is 9.59 Å². The van der Waals surface area contributed by atoms with E-state index in [-0.39, 0.29) is 56.7 Å². The minimum atomic E-state index is -1.31. The molecule has 0 aliphatic carbocycles. The number of ketones is 2. The Morgan fingerprint density at radius 2 is 0.991 bits per heavy atom. The Morgan fingerprint density at radius 3 is 1.35 bits per heavy atom. The summed E-state index contributed by atoms with van der Waals surface area (Å²) in [6, 6.07) is 13.6. The molecule has 0 spiro atoms. The van der Waals surface area contributed by atoms with E-state index in [4.69, 9.17) is 63.5 Å². The number of rotatable bonds is 25. The van der Waals surface area contributed by atoms with Gasteiger partial charge in [-0.15, -0.1) is 0 Å². The number of fused-ring (bicyclic) bond motifs is 2. The van der Waals surface area contributed by atoms with Crippen LogP contribution in [0.25, 0.3) is 20.9 Å². The Balaban J connectivity index is 0.000000356. The number of cyclic esters (lactones) is 2. The predicted molar refractivity (Wildman–Crippen MR) is 450 cm³/mol. The first-order chi connectivity index (χ1) is 55.3. The lowest BCUT2D eigenvalue weighted by Crippen LogP contribution is -2.62. The van der Waals surface area contributed by atoms with Crippen molar-refractivity contribution < 1.29 is 90.9 Å². The third-order valence-electron chi connectivity index (χ3n) is 24.6. The number of nitrogens with zero attached hydrogens (tertiary/aromatic N) is 10. The van der Waals surface area contributed by atoms with Crippen molar-refractivity contribution >= 4 is 76.0 Å². The average molecular weight is 1790 g/mol. The fraction of sp³-hybridized carbons (Fsp3) is 0.783. The summed E-state index contributed by atoms with van der Waals surface area (Å²) >= 11 is 7.23. The van der Waals surface area contributed by atoms with Crippen LogP contribution in [-0.4, -0.2) is 274 Å². The molecule has 2 aromatic rings. The van der Waals surface area contributed by atoms with Gasteiger partial charge in [0.1, 0.15) is 35.8 Å². The number of hydrogen-bond donors (Lipinski definition) is 4. The van der Waals surface area contributed by atoms with E-state index in [2.05, 4.69) is 76.4 Å². The first-order valence-electron chi connectivity index (χ1n) is 41.3. The first-order valence-corrected chi connectivity index (χ1v) is 43.8. The van der Waals surface area contributed by atoms with Crippen molar-refractivity contribution in [3.05, 3.63) is 89.5 Å². The molecule has 2 aromatic carbocycles. The molecule has 34 heteroatoms. The topological polar surface area (TPSA) is 387 Å². The molecule has 6 saturated heterocycles. The number of carbonyl (C=O) groups is 6. The quantitative estimate of drug-likeness (QED) is 0.0105. The van der Waals surface area contributed by atoms with Gasteiger partial charge in [-0.05, 0) is 232 Å². The molecule has 0 aromatic heterocycles. The highest BCUT2D eigenvalue weighted by Crippen LogP contribution is 2.45. The molecule has 117 heavy (non-hydrogen) atoms. The Bertz CT molecular complexity index is 3680. The van der Waals surface area contributed by atoms with Crippen LogP contribution in [0.3, 0.4) is 0 Å². The maximum absolute atomic E-state index is 14.5. The van der Waals surface area contributed by atoms with Gasteiger partial charge < -0.3 is 78.0 Å². The zero-order valence-corrected chi connectivity index (χ0v) is 76.6. The van der Waals surface area contributed by atoms with Crippen LogP contribution in [-0.2, 0) is 84.0 Å². The van der Waals surface area contributed by atoms with Crippen molar-refractivity contribution in [3.8, 4) is 0 Å². The molecule has 0 bridgehead atoms. The molecule has 0 radical (unpaired) electrons. The van der Waals surface area contributed by atoms with Crippen LogP contribution in [0.15, 0.2) is 67.7 Å². The summed E-state index contributed by atoms with van der Waals surface area (Å²) in [5.74, 6) is -6.61. The van der Waals surface area contributed by atoms with E-state index in [1.54, 1.807) is 37.9 Å². The molecule has 6 aliphatic heterocycles. The SMILES string of the molecule is CC[C@H]1OC(=O)[C@H](C)C(=O)[C@H](C)[C@@H](O[C@@H]2OC(C)CC(N(C)C)C2O)[C@](C)(OC)C[C@@H](C)CN[C@H](Cc2cccc(Br)c2)[C@H]2N(CCCCN=[N+]=[N-])C(=O)O[C@]12C.CC[C@H]1OC(=O)[C@H](C)C(=O)[C@H](C)[C@@H](O[C@@H]2OC(C)CC(N(C)C)C2P=O)[C@](C)(OC)C[C@@H](C)CN[C@H](Cc2cccc(Br)c2)[C@H]2N(CCCCN=[N+]=[N-])C(=O)O[C@]12C.CO. The number of aliphatic hydroxyl groups excluding tert-OH is 2. The van der Waals surface area contributed by atoms with Crippen LogP contribution < -0.4 is 10.6 Å². The number of halogens is 2. The minimum Gasteiger partial charge on any atom is -0.458 e. The zero-order chi connectivity index (χ0) is 87.2. The van der Waals surface area contributed by atoms with Crippen molar-refractivity contribution in [2.45, 2.75) is 294 Å². The van der Waals surface area contributed by atoms with E-state index < -0.39 is 143 Å². The van der Waals surface area contributed by atoms with Crippen molar-refractivity contribution in [1.29, 1.82) is 0 Å². The number of amides is 2. The molecule has 658 valence electrons. The highest BCUT2D eigenvalue weighted by Gasteiger charge is 2.62. The van der Waals surface area contributed by atoms with Gasteiger partial charge in [-0.25, -0.2) is 9.59 Å². The minimum absolute atomic E-state index is 0.0667. The van der Waals surface area contributed by atoms with E-state index in [1.165, 1.54) is 13.8 Å². The number of likely N-dealkylation sites (N-methyl/N-ethyl adjacent to an activating group) is 1. The molecule has 6 fully saturated rings. The lowest BCUT2D eigenvalue weighted by molar-refractivity contribution is -0.295. The van der Waals surface area contributed by atoms with Crippen molar-refractivity contribution in [3.63, 3.8) is 0 Å². The fourth-order valence-corrected chi connectivity index (χ4v) is 20.0. The van der Waals surface area contributed by atoms with E-state index in [0.29, 0.717) is 116 Å². The lowest BCUT2D eigenvalue weighted by Gasteiger charge is -2.46. The second kappa shape index (κ2) is 46.1. The zero-order valence-electron chi connectivity index (χ0n) is 72.6. The number of unbranched alkanes of at least 4 members (excludes halogenated alkanes) is 2. The molecule has 4 N–H and O–H groups in total. The van der Waals surface area contributed by atoms with Crippen LogP contribution in [0.5, 0.6) is 0 Å². The summed E-state index contributed by atoms with van der Waals surface area (Å²) in [5, 5.41) is 33.4. The van der Waals surface area contributed by atoms with Gasteiger partial charge in [-0.1, -0.05) is 108 Å². The molecule has 26 atom stereocenters. The van der Waals surface area contributed by atoms with Crippen LogP contribution >= 0.6 is 40.3 Å². The highest BCUT2D eigenvalue weighted by molar-refractivity contribution is 9.10. The number of carbonyl (C=O) groups excluding carboxylic acids is 6. The smallest absolute Gasteiger partial charge is 0.410 e. The maximum atomic E-state index is 14.5. The summed E-state index contributed by atoms with van der Waals surface area (Å²) in [5.41, 5.74) is 14.3. The summed E-state index contributed by atoms with van der Waals surface area (Å²) < 4.78 is 78.4. The van der Waals surface area contributed by atoms with Gasteiger partial charge in [0.25, 0.3) is 0 Å². The number of ether oxygens (including phenoxy) is 10. The number of benzene rings is 2. The normalized spacial score (nSPS) is 36.3. The van der Waals surface area contributed by atoms with Gasteiger partial charge in [0, 0.05) is 102 Å². The maximum Gasteiger partial charge on any atom is 0.410 e. The number of Topliss-reactive ketones (excluding diaryl/α,β-unsaturated/α-hetero) is 2. The summed E-state index contributed by atoms with van der Waals surface area (Å²) in [7, 11) is 11.7. The van der Waals surface area contributed by atoms with Crippen LogP contribution in [0, 0.1) is 35.5 Å². The number of hydrogen-bond acceptors (Lipinski definition) is 25. The van der Waals surface area contributed by atoms with Crippen molar-refractivity contribution in [2.24, 2.45) is 45.7 Å². The second-order valence-corrected chi connectivity index (χ2v) is 36.5. The van der Waals surface area contributed by atoms with Gasteiger partial charge in [0.15, 0.2) is 43.8 Å². The number of nitrogens with one attached hydrogen (secondary N) is 2. The summed E-state index contributed by atoms with van der Waals surface area (Å²) in [4.78, 5) is 98.3. The number of esters is 2. The Morgan fingerprint density at radius 1 is 0.607 bits per heavy atom. The first kappa shape index (κ1) is 100. The van der Waals surface area contributed by atoms with Gasteiger partial charge in [-0.3, -0.25) is 33.5 Å². The monoisotopic (exact) mass is 1790 g/mol. The highest BCUT2D eigenvalue weighted by atomic mass is 79.9. The number of azide groups is 2. The van der Waals surface area contributed by atoms with Crippen molar-refractivity contribution in [1.82, 2.24) is 30.2 Å². The molecular weight excluding hydrogens is 1660 g/mol. The van der Waals surface area contributed by atoms with Gasteiger partial charge >= 0.3 is 24.1 Å². The van der Waals surface area contributed by atoms with Crippen LogP contribution in [0.1, 0.15) is 172 Å². The molecule has 31 nitrogen and oxygen atoms in total. The van der Waals surface area contributed by atoms with E-state index >= 15 is 0 Å². The van der Waals surface area contributed by atoms with E-state index in [0.717, 1.165) is 27.2 Å². The van der Waals surface area contributed by atoms with E-state index in [1.807, 2.05) is 142 Å². The summed E-state index contributed by atoms with van der Waals surface area (Å²) in [6.45, 7) is 27.9. The standard InChI is InChI=1S/C41H64BrN6O9P.C41H65BrN6O9.CH4O/c1-11-32-41(7)35(48(39(51)57-41)18-13-12-17-45-46-43)30(21-28-15-14-16-29(42)20-28)44-23-24(2)22-40(6,53-10)36(26(4)33(49)27(5)37(50)55-32)56-38-34(58-52)31(47(8)9)19-25(3)54-38;1-11-32-41(7)35(48(39(52)57-41)18-13-12-17-45-46-43)30(21-28-15-14-16-29(42)20-28)44-23-24(2)22-40(6,53-10)36(26(4)33(49)27(5)37(51)55-32)56-38-34(50)31(47(8)9)19-25(3)54-38;1-2/h14-16,20,24-27,30-32,34-36,38,44H,11-13,17-19,21-23H2,1-10H3;14-16,20,24-27,30-32,34-36,38,44,50H,11-13,17-19,21-23H2,1-10H3;2H,1H3/t2*24-,25?,26+,27-,30-,31?,32-,34?,35-,36-,38+,40-,41-;/m11./s1. The van der Waals surface area contributed by atoms with Gasteiger partial charge in [-0.2, -0.15) is 0 Å². The van der Waals surface area contributed by atoms with Gasteiger partial charge in [0.2, 0.25) is 0 Å². The molecular formula is C83H133Br2N12O19P. The molecule has 2 amide bonds.